The maximum Gasteiger partial charge on any atom is 0.211 e. The first-order valence-corrected chi connectivity index (χ1v) is 12.2. The summed E-state index contributed by atoms with van der Waals surface area (Å²) in [6.45, 7) is 2.90. The van der Waals surface area contributed by atoms with Crippen LogP contribution in [-0.2, 0) is 27.7 Å². The summed E-state index contributed by atoms with van der Waals surface area (Å²) in [5.74, 6) is 0. The number of sulfonamides is 1. The number of H-pyrrole nitrogens is 1. The van der Waals surface area contributed by atoms with Crippen LogP contribution < -0.4 is 5.32 Å². The van der Waals surface area contributed by atoms with E-state index in [4.69, 9.17) is 16.3 Å². The molecule has 1 aromatic carbocycles. The van der Waals surface area contributed by atoms with E-state index in [0.29, 0.717) is 37.7 Å². The van der Waals surface area contributed by atoms with Crippen molar-refractivity contribution in [1.29, 1.82) is 0 Å². The predicted octanol–water partition coefficient (Wildman–Crippen LogP) is 2.86. The number of ether oxygens (including phenoxy) is 1. The van der Waals surface area contributed by atoms with Crippen molar-refractivity contribution in [3.05, 3.63) is 52.3 Å². The third-order valence-corrected chi connectivity index (χ3v) is 7.48. The molecule has 2 aliphatic rings. The Balaban J connectivity index is 1.63. The van der Waals surface area contributed by atoms with Crippen LogP contribution in [-0.4, -0.2) is 55.3 Å². The first kappa shape index (κ1) is 20.0. The van der Waals surface area contributed by atoms with Gasteiger partial charge >= 0.3 is 0 Å². The Morgan fingerprint density at radius 3 is 2.90 bits per heavy atom. The Labute approximate surface area is 180 Å². The van der Waals surface area contributed by atoms with E-state index in [2.05, 4.69) is 27.4 Å². The lowest BCUT2D eigenvalue weighted by Gasteiger charge is -2.33. The number of halogens is 1. The van der Waals surface area contributed by atoms with Crippen LogP contribution in [0.2, 0.25) is 5.02 Å². The second-order valence-corrected chi connectivity index (χ2v) is 10.3. The van der Waals surface area contributed by atoms with Gasteiger partial charge in [-0.3, -0.25) is 0 Å². The van der Waals surface area contributed by atoms with Gasteiger partial charge in [0.25, 0.3) is 0 Å². The van der Waals surface area contributed by atoms with Crippen molar-refractivity contribution in [3.63, 3.8) is 0 Å². The number of nitrogens with one attached hydrogen (secondary N) is 2. The predicted molar refractivity (Wildman–Crippen MR) is 117 cm³/mol. The molecular weight excluding hydrogens is 424 g/mol. The number of aromatic amines is 1. The lowest BCUT2D eigenvalue weighted by molar-refractivity contribution is 0.0764. The number of aromatic nitrogens is 2. The Hall–Kier alpha value is -1.97. The topological polar surface area (TPSA) is 87.3 Å². The number of hydrogen-bond donors (Lipinski definition) is 2. The lowest BCUT2D eigenvalue weighted by Crippen LogP contribution is -2.39. The fraction of sp³-hybridized carbons (Fsp3) is 0.381. The van der Waals surface area contributed by atoms with E-state index < -0.39 is 10.0 Å². The minimum absolute atomic E-state index is 0.0273. The van der Waals surface area contributed by atoms with Crippen molar-refractivity contribution >= 4 is 32.7 Å². The molecule has 1 atom stereocenters. The fourth-order valence-corrected chi connectivity index (χ4v) is 5.31. The van der Waals surface area contributed by atoms with Gasteiger partial charge in [0.2, 0.25) is 10.0 Å². The van der Waals surface area contributed by atoms with Crippen molar-refractivity contribution in [1.82, 2.24) is 19.6 Å². The average Bonchev–Trinajstić information content (AvgIpc) is 3.12. The quantitative estimate of drug-likeness (QED) is 0.646. The van der Waals surface area contributed by atoms with Crippen molar-refractivity contribution in [2.24, 2.45) is 0 Å². The van der Waals surface area contributed by atoms with E-state index in [0.717, 1.165) is 39.8 Å². The number of rotatable bonds is 3. The molecule has 5 rings (SSSR count). The highest BCUT2D eigenvalue weighted by Gasteiger charge is 2.29. The second-order valence-electron chi connectivity index (χ2n) is 7.89. The molecule has 2 aliphatic heterocycles. The molecule has 3 aromatic rings. The van der Waals surface area contributed by atoms with Crippen molar-refractivity contribution in [2.45, 2.75) is 19.0 Å². The molecule has 0 bridgehead atoms. The largest absolute Gasteiger partial charge is 0.378 e. The lowest BCUT2D eigenvalue weighted by atomic mass is 9.88. The smallest absolute Gasteiger partial charge is 0.211 e. The number of hydrogen-bond acceptors (Lipinski definition) is 5. The molecule has 0 radical (unpaired) electrons. The summed E-state index contributed by atoms with van der Waals surface area (Å²) in [7, 11) is -3.25. The summed E-state index contributed by atoms with van der Waals surface area (Å²) >= 11 is 6.30. The van der Waals surface area contributed by atoms with Gasteiger partial charge in [0.1, 0.15) is 5.65 Å². The maximum absolute atomic E-state index is 12.2. The molecule has 0 amide bonds. The van der Waals surface area contributed by atoms with Gasteiger partial charge in [-0.25, -0.2) is 13.4 Å². The normalized spacial score (nSPS) is 20.4. The zero-order chi connectivity index (χ0) is 20.9. The van der Waals surface area contributed by atoms with E-state index in [1.807, 2.05) is 12.3 Å². The molecular formula is C21H23ClN4O3S. The third-order valence-electron chi connectivity index (χ3n) is 5.92. The first-order chi connectivity index (χ1) is 14.4. The molecule has 30 heavy (non-hydrogen) atoms. The summed E-state index contributed by atoms with van der Waals surface area (Å²) < 4.78 is 31.6. The fourth-order valence-electron chi connectivity index (χ4n) is 4.33. The standard InChI is InChI=1S/C21H23ClN4O3S/c1-30(27,28)26-4-2-13-6-14(15-8-17-19(22)10-25-21(17)24-9-15)7-16(18(13)11-26)20-12-29-5-3-23-20/h6-10,20,23H,2-5,11-12H2,1H3,(H,24,25). The van der Waals surface area contributed by atoms with Crippen LogP contribution in [0.25, 0.3) is 22.2 Å². The number of nitrogens with zero attached hydrogens (tertiary/aromatic N) is 2. The SMILES string of the molecule is CS(=O)(=O)N1CCc2cc(-c3cnc4[nH]cc(Cl)c4c3)cc(C3COCCN3)c2C1. The van der Waals surface area contributed by atoms with E-state index in [1.54, 1.807) is 10.5 Å². The zero-order valence-corrected chi connectivity index (χ0v) is 18.2. The molecule has 9 heteroatoms. The van der Waals surface area contributed by atoms with Gasteiger partial charge < -0.3 is 15.0 Å². The molecule has 0 saturated carbocycles. The van der Waals surface area contributed by atoms with Crippen LogP contribution in [0.1, 0.15) is 22.7 Å². The first-order valence-electron chi connectivity index (χ1n) is 9.95. The Morgan fingerprint density at radius 2 is 2.13 bits per heavy atom. The van der Waals surface area contributed by atoms with E-state index >= 15 is 0 Å². The monoisotopic (exact) mass is 446 g/mol. The number of pyridine rings is 1. The minimum Gasteiger partial charge on any atom is -0.378 e. The molecule has 2 aromatic heterocycles. The van der Waals surface area contributed by atoms with Gasteiger partial charge in [-0.1, -0.05) is 17.7 Å². The van der Waals surface area contributed by atoms with Gasteiger partial charge in [-0.2, -0.15) is 4.31 Å². The molecule has 158 valence electrons. The Bertz CT molecular complexity index is 1220. The molecule has 0 spiro atoms. The molecule has 4 heterocycles. The van der Waals surface area contributed by atoms with Crippen LogP contribution >= 0.6 is 11.6 Å². The summed E-state index contributed by atoms with van der Waals surface area (Å²) in [5, 5.41) is 5.04. The highest BCUT2D eigenvalue weighted by atomic mass is 35.5. The van der Waals surface area contributed by atoms with Gasteiger partial charge in [0.15, 0.2) is 0 Å². The highest BCUT2D eigenvalue weighted by Crippen LogP contribution is 2.35. The summed E-state index contributed by atoms with van der Waals surface area (Å²) in [6, 6.07) is 6.37. The van der Waals surface area contributed by atoms with Gasteiger partial charge in [-0.05, 0) is 40.8 Å². The van der Waals surface area contributed by atoms with Gasteiger partial charge in [-0.15, -0.1) is 0 Å². The van der Waals surface area contributed by atoms with E-state index in [-0.39, 0.29) is 6.04 Å². The maximum atomic E-state index is 12.2. The molecule has 7 nitrogen and oxygen atoms in total. The van der Waals surface area contributed by atoms with Crippen LogP contribution in [0.5, 0.6) is 0 Å². The molecule has 1 saturated heterocycles. The van der Waals surface area contributed by atoms with Crippen LogP contribution in [0.15, 0.2) is 30.6 Å². The van der Waals surface area contributed by atoms with Crippen LogP contribution in [0.4, 0.5) is 0 Å². The summed E-state index contributed by atoms with van der Waals surface area (Å²) in [6.07, 6.45) is 5.54. The van der Waals surface area contributed by atoms with Crippen molar-refractivity contribution in [3.8, 4) is 11.1 Å². The number of morpholine rings is 1. The van der Waals surface area contributed by atoms with Crippen LogP contribution in [0.3, 0.4) is 0 Å². The van der Waals surface area contributed by atoms with Gasteiger partial charge in [0.05, 0.1) is 30.5 Å². The van der Waals surface area contributed by atoms with Gasteiger partial charge in [0, 0.05) is 43.0 Å². The Kier molecular flexibility index (Phi) is 5.07. The molecule has 1 unspecified atom stereocenters. The average molecular weight is 447 g/mol. The zero-order valence-electron chi connectivity index (χ0n) is 16.6. The molecule has 1 fully saturated rings. The number of benzene rings is 1. The third kappa shape index (κ3) is 3.63. The second kappa shape index (κ2) is 7.62. The van der Waals surface area contributed by atoms with Crippen molar-refractivity contribution in [2.75, 3.05) is 32.6 Å². The molecule has 2 N–H and O–H groups in total. The minimum atomic E-state index is -3.25. The molecule has 0 aliphatic carbocycles. The Morgan fingerprint density at radius 1 is 1.27 bits per heavy atom. The summed E-state index contributed by atoms with van der Waals surface area (Å²) in [5.41, 5.74) is 6.14. The highest BCUT2D eigenvalue weighted by molar-refractivity contribution is 7.88. The van der Waals surface area contributed by atoms with E-state index in [9.17, 15) is 8.42 Å². The summed E-state index contributed by atoms with van der Waals surface area (Å²) in [4.78, 5) is 7.58. The van der Waals surface area contributed by atoms with E-state index in [1.165, 1.54) is 11.8 Å². The van der Waals surface area contributed by atoms with Crippen molar-refractivity contribution < 1.29 is 13.2 Å². The number of fused-ring (bicyclic) bond motifs is 2. The van der Waals surface area contributed by atoms with Crippen LogP contribution in [0, 0.1) is 0 Å².